The van der Waals surface area contributed by atoms with Crippen LogP contribution in [0.5, 0.6) is 0 Å². The predicted octanol–water partition coefficient (Wildman–Crippen LogP) is 1.78. The maximum absolute atomic E-state index is 10.8. The van der Waals surface area contributed by atoms with E-state index < -0.39 is 7.43 Å². The van der Waals surface area contributed by atoms with Gasteiger partial charge >= 0.3 is 0 Å². The predicted molar refractivity (Wildman–Crippen MR) is 43.3 cm³/mol. The van der Waals surface area contributed by atoms with Gasteiger partial charge in [0.2, 0.25) is 5.91 Å². The van der Waals surface area contributed by atoms with Gasteiger partial charge in [0, 0.05) is 18.8 Å². The maximum atomic E-state index is 10.8. The van der Waals surface area contributed by atoms with Crippen LogP contribution >= 0.6 is 18.7 Å². The Balaban J connectivity index is 2.69. The first kappa shape index (κ1) is 7.96. The van der Waals surface area contributed by atoms with Crippen molar-refractivity contribution in [2.24, 2.45) is 5.10 Å². The molecule has 0 spiro atoms. The smallest absolute Gasteiger partial charge is 0.243 e. The first-order chi connectivity index (χ1) is 4.61. The van der Waals surface area contributed by atoms with E-state index in [1.54, 1.807) is 0 Å². The third-order valence-electron chi connectivity index (χ3n) is 1.11. The number of hydrazone groups is 1. The summed E-state index contributed by atoms with van der Waals surface area (Å²) in [6.07, 6.45) is 0.746. The van der Waals surface area contributed by atoms with Crippen molar-refractivity contribution < 1.29 is 4.79 Å². The Labute approximate surface area is 65.6 Å². The summed E-state index contributed by atoms with van der Waals surface area (Å²) in [6, 6.07) is 0. The Bertz CT molecular complexity index is 194. The van der Waals surface area contributed by atoms with Crippen molar-refractivity contribution in [3.63, 3.8) is 0 Å². The summed E-state index contributed by atoms with van der Waals surface area (Å²) in [7, 11) is -0.855. The second kappa shape index (κ2) is 2.85. The van der Waals surface area contributed by atoms with Crippen LogP contribution in [-0.2, 0) is 4.79 Å². The Morgan fingerprint density at radius 2 is 2.50 bits per heavy atom. The average Bonchev–Trinajstić information content (AvgIpc) is 2.10. The summed E-state index contributed by atoms with van der Waals surface area (Å²) in [5, 5.41) is 3.97. The van der Waals surface area contributed by atoms with Crippen LogP contribution in [0.1, 0.15) is 13.8 Å². The zero-order valence-corrected chi connectivity index (χ0v) is 7.49. The lowest BCUT2D eigenvalue weighted by Crippen LogP contribution is -2.11. The third kappa shape index (κ3) is 1.47. The molecule has 0 saturated heterocycles. The van der Waals surface area contributed by atoms with E-state index in [9.17, 15) is 4.79 Å². The van der Waals surface area contributed by atoms with Crippen LogP contribution < -0.4 is 0 Å². The zero-order chi connectivity index (χ0) is 7.72. The van der Waals surface area contributed by atoms with Crippen LogP contribution in [0.25, 0.3) is 0 Å². The molecule has 3 nitrogen and oxygen atoms in total. The van der Waals surface area contributed by atoms with Gasteiger partial charge in [-0.15, -0.1) is 0 Å². The quantitative estimate of drug-likeness (QED) is 0.521. The third-order valence-corrected chi connectivity index (χ3v) is 3.40. The van der Waals surface area contributed by atoms with Crippen molar-refractivity contribution in [1.82, 2.24) is 4.78 Å². The van der Waals surface area contributed by atoms with Gasteiger partial charge in [-0.3, -0.25) is 4.79 Å². The zero-order valence-electron chi connectivity index (χ0n) is 5.83. The topological polar surface area (TPSA) is 32.7 Å². The molecule has 0 bridgehead atoms. The fourth-order valence-corrected chi connectivity index (χ4v) is 2.79. The van der Waals surface area contributed by atoms with E-state index in [1.165, 1.54) is 11.7 Å². The molecule has 0 radical (unpaired) electrons. The van der Waals surface area contributed by atoms with Crippen molar-refractivity contribution >= 4 is 30.3 Å². The number of nitrogens with zero attached hydrogens (tertiary/aromatic N) is 2. The van der Waals surface area contributed by atoms with E-state index in [4.69, 9.17) is 11.2 Å². The van der Waals surface area contributed by atoms with Crippen molar-refractivity contribution in [1.29, 1.82) is 0 Å². The molecule has 0 aliphatic carbocycles. The number of hydrogen-bond donors (Lipinski definition) is 0. The van der Waals surface area contributed by atoms with Crippen molar-refractivity contribution in [3.8, 4) is 0 Å². The van der Waals surface area contributed by atoms with Gasteiger partial charge in [-0.25, -0.2) is 0 Å². The lowest BCUT2D eigenvalue weighted by molar-refractivity contribution is -0.124. The van der Waals surface area contributed by atoms with Gasteiger partial charge in [0.1, 0.15) is 7.43 Å². The van der Waals surface area contributed by atoms with Crippen LogP contribution in [0.2, 0.25) is 0 Å². The summed E-state index contributed by atoms with van der Waals surface area (Å²) in [5.41, 5.74) is 0.941. The molecule has 1 aliphatic heterocycles. The van der Waals surface area contributed by atoms with E-state index in [0.29, 0.717) is 0 Å². The van der Waals surface area contributed by atoms with Gasteiger partial charge in [0.25, 0.3) is 0 Å². The van der Waals surface area contributed by atoms with Crippen LogP contribution in [-0.4, -0.2) is 22.6 Å². The summed E-state index contributed by atoms with van der Waals surface area (Å²) >= 11 is 5.82. The minimum absolute atomic E-state index is 0.0713. The SMILES string of the molecule is CC(=O)N1N=C(C)CP1Cl. The molecular weight excluding hydrogens is 170 g/mol. The highest BCUT2D eigenvalue weighted by molar-refractivity contribution is 7.83. The summed E-state index contributed by atoms with van der Waals surface area (Å²) in [4.78, 5) is 10.8. The molecule has 0 aromatic carbocycles. The molecule has 0 aromatic rings. The average molecular weight is 179 g/mol. The van der Waals surface area contributed by atoms with E-state index in [1.807, 2.05) is 6.92 Å². The maximum Gasteiger partial charge on any atom is 0.243 e. The van der Waals surface area contributed by atoms with Gasteiger partial charge in [-0.1, -0.05) is 11.2 Å². The lowest BCUT2D eigenvalue weighted by atomic mass is 10.5. The largest absolute Gasteiger partial charge is 0.273 e. The second-order valence-electron chi connectivity index (χ2n) is 2.14. The van der Waals surface area contributed by atoms with Crippen molar-refractivity contribution in [2.45, 2.75) is 13.8 Å². The number of carbonyl (C=O) groups excluding carboxylic acids is 1. The summed E-state index contributed by atoms with van der Waals surface area (Å²) < 4.78 is 1.37. The first-order valence-corrected chi connectivity index (χ1v) is 5.27. The molecular formula is C5H8ClN2OP. The highest BCUT2D eigenvalue weighted by atomic mass is 35.7. The fourth-order valence-electron chi connectivity index (χ4n) is 0.721. The van der Waals surface area contributed by atoms with Gasteiger partial charge in [-0.2, -0.15) is 9.88 Å². The van der Waals surface area contributed by atoms with E-state index in [2.05, 4.69) is 5.10 Å². The summed E-state index contributed by atoms with van der Waals surface area (Å²) in [6.45, 7) is 3.35. The Kier molecular flexibility index (Phi) is 2.27. The molecule has 10 heavy (non-hydrogen) atoms. The van der Waals surface area contributed by atoms with Gasteiger partial charge in [-0.05, 0) is 6.92 Å². The van der Waals surface area contributed by atoms with Gasteiger partial charge in [0.05, 0.1) is 0 Å². The highest BCUT2D eigenvalue weighted by Gasteiger charge is 2.25. The van der Waals surface area contributed by atoms with Crippen molar-refractivity contribution in [2.75, 3.05) is 6.16 Å². The van der Waals surface area contributed by atoms with Crippen molar-refractivity contribution in [3.05, 3.63) is 0 Å². The number of hydrogen-bond acceptors (Lipinski definition) is 2. The van der Waals surface area contributed by atoms with Crippen LogP contribution in [0.3, 0.4) is 0 Å². The molecule has 1 atom stereocenters. The van der Waals surface area contributed by atoms with Crippen LogP contribution in [0, 0.1) is 0 Å². The van der Waals surface area contributed by atoms with E-state index in [-0.39, 0.29) is 5.91 Å². The minimum Gasteiger partial charge on any atom is -0.273 e. The molecule has 1 heterocycles. The molecule has 0 aromatic heterocycles. The van der Waals surface area contributed by atoms with E-state index >= 15 is 0 Å². The summed E-state index contributed by atoms with van der Waals surface area (Å²) in [5.74, 6) is -0.0713. The van der Waals surface area contributed by atoms with Gasteiger partial charge in [0.15, 0.2) is 0 Å². The molecule has 56 valence electrons. The lowest BCUT2D eigenvalue weighted by Gasteiger charge is -2.11. The standard InChI is InChI=1S/C5H8ClN2OP/c1-4-3-10(6)8(7-4)5(2)9/h3H2,1-2H3. The first-order valence-electron chi connectivity index (χ1n) is 2.89. The number of carbonyl (C=O) groups is 1. The molecule has 1 amide bonds. The Morgan fingerprint density at radius 3 is 2.70 bits per heavy atom. The number of amides is 1. The Hall–Kier alpha value is -0.140. The highest BCUT2D eigenvalue weighted by Crippen LogP contribution is 2.49. The Morgan fingerprint density at radius 1 is 1.90 bits per heavy atom. The molecule has 0 N–H and O–H groups in total. The van der Waals surface area contributed by atoms with Gasteiger partial charge < -0.3 is 0 Å². The number of rotatable bonds is 0. The fraction of sp³-hybridized carbons (Fsp3) is 0.600. The number of halogens is 1. The van der Waals surface area contributed by atoms with Crippen LogP contribution in [0.15, 0.2) is 5.10 Å². The molecule has 0 saturated carbocycles. The monoisotopic (exact) mass is 178 g/mol. The molecule has 1 aliphatic rings. The molecule has 5 heteroatoms. The minimum atomic E-state index is -0.855. The van der Waals surface area contributed by atoms with Crippen LogP contribution in [0.4, 0.5) is 0 Å². The molecule has 1 unspecified atom stereocenters. The molecule has 1 rings (SSSR count). The molecule has 0 fully saturated rings. The second-order valence-corrected chi connectivity index (χ2v) is 4.68. The van der Waals surface area contributed by atoms with E-state index in [0.717, 1.165) is 11.9 Å². The normalized spacial score (nSPS) is 24.9.